The largest absolute Gasteiger partial charge is 0.325 e. The van der Waals surface area contributed by atoms with Crippen molar-refractivity contribution in [2.24, 2.45) is 5.73 Å². The van der Waals surface area contributed by atoms with Gasteiger partial charge in [-0.2, -0.15) is 0 Å². The highest BCUT2D eigenvalue weighted by Gasteiger charge is 2.25. The minimum Gasteiger partial charge on any atom is -0.325 e. The summed E-state index contributed by atoms with van der Waals surface area (Å²) in [4.78, 5) is 4.49. The summed E-state index contributed by atoms with van der Waals surface area (Å²) in [6.07, 6.45) is 3.73. The third-order valence-electron chi connectivity index (χ3n) is 3.40. The van der Waals surface area contributed by atoms with Gasteiger partial charge >= 0.3 is 0 Å². The van der Waals surface area contributed by atoms with E-state index in [2.05, 4.69) is 9.38 Å². The Morgan fingerprint density at radius 1 is 1.44 bits per heavy atom. The van der Waals surface area contributed by atoms with E-state index in [4.69, 9.17) is 17.3 Å². The second-order valence-corrected chi connectivity index (χ2v) is 4.69. The third-order valence-corrected chi connectivity index (χ3v) is 3.68. The minimum atomic E-state index is 0.518. The summed E-state index contributed by atoms with van der Waals surface area (Å²) in [5.74, 6) is 1.65. The molecule has 0 unspecified atom stereocenters. The molecule has 0 amide bonds. The maximum Gasteiger partial charge on any atom is 0.155 e. The molecular formula is C12H14ClN3. The second-order valence-electron chi connectivity index (χ2n) is 4.33. The van der Waals surface area contributed by atoms with Crippen molar-refractivity contribution in [3.05, 3.63) is 34.9 Å². The van der Waals surface area contributed by atoms with Crippen LogP contribution in [0.2, 0.25) is 5.15 Å². The Morgan fingerprint density at radius 2 is 2.25 bits per heavy atom. The van der Waals surface area contributed by atoms with E-state index < -0.39 is 0 Å². The van der Waals surface area contributed by atoms with Gasteiger partial charge in [-0.1, -0.05) is 24.1 Å². The zero-order valence-corrected chi connectivity index (χ0v) is 9.74. The smallest absolute Gasteiger partial charge is 0.155 e. The van der Waals surface area contributed by atoms with E-state index in [1.807, 2.05) is 18.2 Å². The van der Waals surface area contributed by atoms with E-state index >= 15 is 0 Å². The summed E-state index contributed by atoms with van der Waals surface area (Å²) < 4.78 is 2.13. The summed E-state index contributed by atoms with van der Waals surface area (Å²) in [5, 5.41) is 0.595. The van der Waals surface area contributed by atoms with Crippen molar-refractivity contribution in [2.75, 3.05) is 0 Å². The van der Waals surface area contributed by atoms with Crippen LogP contribution in [0, 0.1) is 0 Å². The van der Waals surface area contributed by atoms with Crippen LogP contribution in [0.5, 0.6) is 0 Å². The fraction of sp³-hybridized carbons (Fsp3) is 0.417. The molecule has 0 aromatic carbocycles. The van der Waals surface area contributed by atoms with Crippen molar-refractivity contribution in [2.45, 2.75) is 31.7 Å². The SMILES string of the molecule is NCc1cccc2c(Cl)nc(C3CCC3)n12. The van der Waals surface area contributed by atoms with Crippen LogP contribution in [0.25, 0.3) is 5.52 Å². The lowest BCUT2D eigenvalue weighted by Gasteiger charge is -2.24. The number of nitrogens with two attached hydrogens (primary N) is 1. The molecule has 2 aromatic rings. The van der Waals surface area contributed by atoms with Crippen molar-refractivity contribution in [1.29, 1.82) is 0 Å². The number of rotatable bonds is 2. The van der Waals surface area contributed by atoms with E-state index in [-0.39, 0.29) is 0 Å². The van der Waals surface area contributed by atoms with Crippen LogP contribution in [0.15, 0.2) is 18.2 Å². The van der Waals surface area contributed by atoms with Crippen molar-refractivity contribution < 1.29 is 0 Å². The highest BCUT2D eigenvalue weighted by molar-refractivity contribution is 6.32. The Labute approximate surface area is 99.2 Å². The lowest BCUT2D eigenvalue weighted by atomic mass is 9.85. The van der Waals surface area contributed by atoms with Crippen molar-refractivity contribution in [3.63, 3.8) is 0 Å². The highest BCUT2D eigenvalue weighted by Crippen LogP contribution is 2.37. The van der Waals surface area contributed by atoms with Crippen LogP contribution < -0.4 is 5.73 Å². The summed E-state index contributed by atoms with van der Waals surface area (Å²) >= 11 is 6.16. The average molecular weight is 236 g/mol. The summed E-state index contributed by atoms with van der Waals surface area (Å²) in [6, 6.07) is 6.01. The average Bonchev–Trinajstić information content (AvgIpc) is 2.54. The zero-order valence-electron chi connectivity index (χ0n) is 8.99. The van der Waals surface area contributed by atoms with E-state index in [0.717, 1.165) is 17.0 Å². The Balaban J connectivity index is 2.26. The monoisotopic (exact) mass is 235 g/mol. The predicted molar refractivity (Wildman–Crippen MR) is 64.7 cm³/mol. The van der Waals surface area contributed by atoms with E-state index in [9.17, 15) is 0 Å². The minimum absolute atomic E-state index is 0.518. The van der Waals surface area contributed by atoms with E-state index in [0.29, 0.717) is 17.6 Å². The first-order chi connectivity index (χ1) is 7.81. The van der Waals surface area contributed by atoms with Gasteiger partial charge in [0, 0.05) is 18.2 Å². The number of halogens is 1. The number of hydrogen-bond acceptors (Lipinski definition) is 2. The van der Waals surface area contributed by atoms with Crippen LogP contribution in [0.1, 0.15) is 36.7 Å². The van der Waals surface area contributed by atoms with Gasteiger partial charge in [0.15, 0.2) is 5.15 Å². The molecule has 3 nitrogen and oxygen atoms in total. The van der Waals surface area contributed by atoms with Crippen LogP contribution in [0.3, 0.4) is 0 Å². The van der Waals surface area contributed by atoms with Gasteiger partial charge in [-0.3, -0.25) is 4.40 Å². The Morgan fingerprint density at radius 3 is 2.88 bits per heavy atom. The van der Waals surface area contributed by atoms with Gasteiger partial charge in [-0.15, -0.1) is 0 Å². The molecule has 0 bridgehead atoms. The standard InChI is InChI=1S/C12H14ClN3/c13-11-10-6-2-5-9(7-14)16(10)12(15-11)8-3-1-4-8/h2,5-6,8H,1,3-4,7,14H2. The van der Waals surface area contributed by atoms with Crippen LogP contribution >= 0.6 is 11.6 Å². The van der Waals surface area contributed by atoms with E-state index in [1.165, 1.54) is 19.3 Å². The molecule has 1 saturated carbocycles. The van der Waals surface area contributed by atoms with Crippen LogP contribution in [-0.4, -0.2) is 9.38 Å². The lowest BCUT2D eigenvalue weighted by molar-refractivity contribution is 0.399. The Hall–Kier alpha value is -1.06. The maximum absolute atomic E-state index is 6.16. The molecule has 2 N–H and O–H groups in total. The molecule has 16 heavy (non-hydrogen) atoms. The molecule has 84 valence electrons. The quantitative estimate of drug-likeness (QED) is 0.870. The highest BCUT2D eigenvalue weighted by atomic mass is 35.5. The fourth-order valence-electron chi connectivity index (χ4n) is 2.29. The number of fused-ring (bicyclic) bond motifs is 1. The molecule has 1 aliphatic carbocycles. The predicted octanol–water partition coefficient (Wildman–Crippen LogP) is 2.71. The molecule has 0 spiro atoms. The van der Waals surface area contributed by atoms with Gasteiger partial charge < -0.3 is 5.73 Å². The summed E-state index contributed by atoms with van der Waals surface area (Å²) in [7, 11) is 0. The lowest BCUT2D eigenvalue weighted by Crippen LogP contribution is -2.15. The Bertz CT molecular complexity index is 528. The van der Waals surface area contributed by atoms with E-state index in [1.54, 1.807) is 0 Å². The molecule has 0 saturated heterocycles. The molecule has 2 aromatic heterocycles. The number of aromatic nitrogens is 2. The molecule has 1 fully saturated rings. The molecular weight excluding hydrogens is 222 g/mol. The van der Waals surface area contributed by atoms with Crippen molar-refractivity contribution >= 4 is 17.1 Å². The molecule has 2 heterocycles. The van der Waals surface area contributed by atoms with Crippen molar-refractivity contribution in [3.8, 4) is 0 Å². The second kappa shape index (κ2) is 3.75. The van der Waals surface area contributed by atoms with Gasteiger partial charge in [0.05, 0.1) is 5.52 Å². The third kappa shape index (κ3) is 1.35. The first kappa shape index (κ1) is 10.1. The van der Waals surface area contributed by atoms with Crippen molar-refractivity contribution in [1.82, 2.24) is 9.38 Å². The number of imidazole rings is 1. The number of hydrogen-bond donors (Lipinski definition) is 1. The van der Waals surface area contributed by atoms with Gasteiger partial charge in [-0.25, -0.2) is 4.98 Å². The number of pyridine rings is 1. The molecule has 0 atom stereocenters. The first-order valence-electron chi connectivity index (χ1n) is 5.67. The number of nitrogens with zero attached hydrogens (tertiary/aromatic N) is 2. The molecule has 0 aliphatic heterocycles. The molecule has 0 radical (unpaired) electrons. The summed E-state index contributed by atoms with van der Waals surface area (Å²) in [6.45, 7) is 0.518. The topological polar surface area (TPSA) is 43.3 Å². The molecule has 4 heteroatoms. The van der Waals surface area contributed by atoms with Crippen LogP contribution in [0.4, 0.5) is 0 Å². The zero-order chi connectivity index (χ0) is 11.1. The molecule has 1 aliphatic rings. The fourth-order valence-corrected chi connectivity index (χ4v) is 2.53. The van der Waals surface area contributed by atoms with Gasteiger partial charge in [0.1, 0.15) is 5.82 Å². The maximum atomic E-state index is 6.16. The van der Waals surface area contributed by atoms with Crippen LogP contribution in [-0.2, 0) is 6.54 Å². The van der Waals surface area contributed by atoms with Gasteiger partial charge in [0.25, 0.3) is 0 Å². The Kier molecular flexibility index (Phi) is 2.37. The molecule has 3 rings (SSSR count). The first-order valence-corrected chi connectivity index (χ1v) is 6.05. The summed E-state index contributed by atoms with van der Waals surface area (Å²) in [5.41, 5.74) is 7.82. The normalized spacial score (nSPS) is 16.6. The van der Waals surface area contributed by atoms with Gasteiger partial charge in [0.2, 0.25) is 0 Å². The van der Waals surface area contributed by atoms with Gasteiger partial charge in [-0.05, 0) is 25.0 Å².